The molecule has 0 unspecified atom stereocenters. The highest BCUT2D eigenvalue weighted by Crippen LogP contribution is 2.27. The van der Waals surface area contributed by atoms with Gasteiger partial charge in [-0.05, 0) is 24.1 Å². The molecule has 0 bridgehead atoms. The minimum absolute atomic E-state index is 0.0726. The minimum Gasteiger partial charge on any atom is -0.370 e. The summed E-state index contributed by atoms with van der Waals surface area (Å²) in [7, 11) is -3.38. The lowest BCUT2D eigenvalue weighted by Gasteiger charge is -2.27. The van der Waals surface area contributed by atoms with Crippen LogP contribution in [0.3, 0.4) is 0 Å². The summed E-state index contributed by atoms with van der Waals surface area (Å²) in [6, 6.07) is 4.55. The molecule has 2 saturated heterocycles. The first-order valence-corrected chi connectivity index (χ1v) is 10.7. The molecule has 0 aliphatic carbocycles. The van der Waals surface area contributed by atoms with Crippen molar-refractivity contribution in [2.24, 2.45) is 10.7 Å². The molecule has 3 rings (SSSR count). The van der Waals surface area contributed by atoms with Gasteiger partial charge in [-0.2, -0.15) is 11.8 Å². The average molecular weight is 372 g/mol. The van der Waals surface area contributed by atoms with Crippen LogP contribution in [0.15, 0.2) is 23.2 Å². The third kappa shape index (κ3) is 3.77. The van der Waals surface area contributed by atoms with Gasteiger partial charge in [0.15, 0.2) is 5.96 Å². The third-order valence-electron chi connectivity index (χ3n) is 4.14. The normalized spacial score (nSPS) is 21.3. The molecule has 0 aromatic heterocycles. The van der Waals surface area contributed by atoms with E-state index in [4.69, 9.17) is 5.73 Å². The van der Waals surface area contributed by atoms with E-state index in [1.165, 1.54) is 12.1 Å². The van der Waals surface area contributed by atoms with Crippen LogP contribution < -0.4 is 10.0 Å². The van der Waals surface area contributed by atoms with Gasteiger partial charge >= 0.3 is 0 Å². The number of rotatable bonds is 3. The Hall–Kier alpha value is -1.48. The number of halogens is 1. The number of hydrogen-bond acceptors (Lipinski definition) is 4. The van der Waals surface area contributed by atoms with Gasteiger partial charge in [0.1, 0.15) is 5.82 Å². The molecule has 0 amide bonds. The number of aliphatic imine (C=N–C) groups is 1. The van der Waals surface area contributed by atoms with Gasteiger partial charge < -0.3 is 10.6 Å². The minimum atomic E-state index is -3.38. The summed E-state index contributed by atoms with van der Waals surface area (Å²) in [4.78, 5) is 6.35. The molecule has 6 nitrogen and oxygen atoms in total. The van der Waals surface area contributed by atoms with Gasteiger partial charge in [0, 0.05) is 31.1 Å². The standard InChI is InChI=1S/C15H21FN4O2S2/c16-13-10-12(11-18-15(17)19-5-7-23-8-6-19)2-3-14(13)20-4-1-9-24(20,21)22/h2-3,10H,1,4-9,11H2,(H2,17,18). The Kier molecular flexibility index (Phi) is 5.19. The summed E-state index contributed by atoms with van der Waals surface area (Å²) >= 11 is 1.89. The highest BCUT2D eigenvalue weighted by Gasteiger charge is 2.30. The van der Waals surface area contributed by atoms with Crippen molar-refractivity contribution in [2.75, 3.05) is 41.2 Å². The van der Waals surface area contributed by atoms with Gasteiger partial charge in [-0.3, -0.25) is 4.31 Å². The molecule has 2 aliphatic heterocycles. The van der Waals surface area contributed by atoms with E-state index in [0.717, 1.165) is 28.9 Å². The first kappa shape index (κ1) is 17.3. The second-order valence-corrected chi connectivity index (χ2v) is 9.04. The first-order valence-electron chi connectivity index (χ1n) is 7.89. The largest absolute Gasteiger partial charge is 0.370 e. The molecule has 2 aliphatic rings. The smallest absolute Gasteiger partial charge is 0.235 e. The Morgan fingerprint density at radius 2 is 2.04 bits per heavy atom. The molecule has 2 fully saturated rings. The van der Waals surface area contributed by atoms with Gasteiger partial charge in [0.25, 0.3) is 0 Å². The van der Waals surface area contributed by atoms with Crippen molar-refractivity contribution >= 4 is 33.4 Å². The van der Waals surface area contributed by atoms with E-state index in [1.807, 2.05) is 16.7 Å². The van der Waals surface area contributed by atoms with E-state index in [-0.39, 0.29) is 18.0 Å². The molecule has 1 aromatic carbocycles. The lowest BCUT2D eigenvalue weighted by atomic mass is 10.2. The maximum Gasteiger partial charge on any atom is 0.235 e. The van der Waals surface area contributed by atoms with Crippen LogP contribution in [0.4, 0.5) is 10.1 Å². The van der Waals surface area contributed by atoms with Crippen LogP contribution in [-0.4, -0.2) is 56.2 Å². The molecule has 9 heteroatoms. The highest BCUT2D eigenvalue weighted by molar-refractivity contribution is 7.99. The van der Waals surface area contributed by atoms with Crippen LogP contribution in [0.25, 0.3) is 0 Å². The quantitative estimate of drug-likeness (QED) is 0.638. The second kappa shape index (κ2) is 7.18. The van der Waals surface area contributed by atoms with Crippen LogP contribution >= 0.6 is 11.8 Å². The number of guanidine groups is 1. The molecular formula is C15H21FN4O2S2. The van der Waals surface area contributed by atoms with Crippen molar-refractivity contribution in [3.05, 3.63) is 29.6 Å². The lowest BCUT2D eigenvalue weighted by Crippen LogP contribution is -2.42. The van der Waals surface area contributed by atoms with E-state index in [2.05, 4.69) is 4.99 Å². The fourth-order valence-electron chi connectivity index (χ4n) is 2.83. The fraction of sp³-hybridized carbons (Fsp3) is 0.533. The number of anilines is 1. The van der Waals surface area contributed by atoms with Gasteiger partial charge in [0.05, 0.1) is 18.0 Å². The van der Waals surface area contributed by atoms with Gasteiger partial charge in [-0.25, -0.2) is 17.8 Å². The Morgan fingerprint density at radius 1 is 1.29 bits per heavy atom. The Labute approximate surface area is 146 Å². The number of nitrogens with zero attached hydrogens (tertiary/aromatic N) is 3. The molecule has 1 aromatic rings. The van der Waals surface area contributed by atoms with E-state index < -0.39 is 15.8 Å². The predicted octanol–water partition coefficient (Wildman–Crippen LogP) is 1.23. The highest BCUT2D eigenvalue weighted by atomic mass is 32.2. The Morgan fingerprint density at radius 3 is 2.67 bits per heavy atom. The van der Waals surface area contributed by atoms with Crippen molar-refractivity contribution in [1.29, 1.82) is 0 Å². The van der Waals surface area contributed by atoms with E-state index in [0.29, 0.717) is 24.5 Å². The maximum atomic E-state index is 14.3. The summed E-state index contributed by atoms with van der Waals surface area (Å²) < 4.78 is 39.3. The summed E-state index contributed by atoms with van der Waals surface area (Å²) in [5, 5.41) is 0. The van der Waals surface area contributed by atoms with Crippen LogP contribution in [0.2, 0.25) is 0 Å². The molecular weight excluding hydrogens is 351 g/mol. The Balaban J connectivity index is 1.71. The number of benzene rings is 1. The molecule has 132 valence electrons. The van der Waals surface area contributed by atoms with Crippen molar-refractivity contribution < 1.29 is 12.8 Å². The number of thioether (sulfide) groups is 1. The molecule has 0 atom stereocenters. The summed E-state index contributed by atoms with van der Waals surface area (Å²) in [6.07, 6.45) is 0.526. The molecule has 2 heterocycles. The van der Waals surface area contributed by atoms with E-state index in [1.54, 1.807) is 6.07 Å². The van der Waals surface area contributed by atoms with Crippen molar-refractivity contribution in [1.82, 2.24) is 4.90 Å². The number of hydrogen-bond donors (Lipinski definition) is 1. The zero-order chi connectivity index (χ0) is 17.2. The Bertz CT molecular complexity index is 733. The zero-order valence-electron chi connectivity index (χ0n) is 13.3. The van der Waals surface area contributed by atoms with Crippen LogP contribution in [0.1, 0.15) is 12.0 Å². The second-order valence-electron chi connectivity index (χ2n) is 5.80. The van der Waals surface area contributed by atoms with Gasteiger partial charge in [-0.15, -0.1) is 0 Å². The summed E-state index contributed by atoms with van der Waals surface area (Å²) in [6.45, 7) is 2.36. The monoisotopic (exact) mass is 372 g/mol. The third-order valence-corrected chi connectivity index (χ3v) is 6.94. The summed E-state index contributed by atoms with van der Waals surface area (Å²) in [5.41, 5.74) is 6.77. The zero-order valence-corrected chi connectivity index (χ0v) is 15.0. The fourth-order valence-corrected chi connectivity index (χ4v) is 5.30. The van der Waals surface area contributed by atoms with Crippen LogP contribution in [-0.2, 0) is 16.6 Å². The summed E-state index contributed by atoms with van der Waals surface area (Å²) in [5.74, 6) is 2.07. The molecule has 0 radical (unpaired) electrons. The van der Waals surface area contributed by atoms with E-state index >= 15 is 0 Å². The van der Waals surface area contributed by atoms with Crippen molar-refractivity contribution in [2.45, 2.75) is 13.0 Å². The predicted molar refractivity (Wildman–Crippen MR) is 96.4 cm³/mol. The van der Waals surface area contributed by atoms with Crippen LogP contribution in [0, 0.1) is 5.82 Å². The van der Waals surface area contributed by atoms with Gasteiger partial charge in [0.2, 0.25) is 10.0 Å². The lowest BCUT2D eigenvalue weighted by molar-refractivity contribution is 0.455. The van der Waals surface area contributed by atoms with Gasteiger partial charge in [-0.1, -0.05) is 6.07 Å². The van der Waals surface area contributed by atoms with E-state index in [9.17, 15) is 12.8 Å². The molecule has 24 heavy (non-hydrogen) atoms. The molecule has 2 N–H and O–H groups in total. The van der Waals surface area contributed by atoms with Crippen molar-refractivity contribution in [3.8, 4) is 0 Å². The molecule has 0 saturated carbocycles. The number of sulfonamides is 1. The first-order chi connectivity index (χ1) is 11.5. The topological polar surface area (TPSA) is 79.0 Å². The molecule has 0 spiro atoms. The number of nitrogens with two attached hydrogens (primary N) is 1. The maximum absolute atomic E-state index is 14.3. The van der Waals surface area contributed by atoms with Crippen LogP contribution in [0.5, 0.6) is 0 Å². The SMILES string of the molecule is NC(=NCc1ccc(N2CCCS2(=O)=O)c(F)c1)N1CCSCC1. The van der Waals surface area contributed by atoms with Crippen molar-refractivity contribution in [3.63, 3.8) is 0 Å². The average Bonchev–Trinajstić information content (AvgIpc) is 2.92.